The van der Waals surface area contributed by atoms with E-state index in [-0.39, 0.29) is 0 Å². The van der Waals surface area contributed by atoms with Gasteiger partial charge in [-0.05, 0) is 71.5 Å². The Morgan fingerprint density at radius 3 is 0.967 bits per heavy atom. The molecule has 158 valence electrons. The van der Waals surface area contributed by atoms with Crippen molar-refractivity contribution in [3.63, 3.8) is 0 Å². The lowest BCUT2D eigenvalue weighted by Gasteiger charge is -2.11. The highest BCUT2D eigenvalue weighted by Crippen LogP contribution is 2.28. The second-order valence-electron chi connectivity index (χ2n) is 6.99. The van der Waals surface area contributed by atoms with Gasteiger partial charge in [-0.15, -0.1) is 0 Å². The molecule has 0 aliphatic carbocycles. The molecule has 0 saturated carbocycles. The molecule has 0 aliphatic heterocycles. The summed E-state index contributed by atoms with van der Waals surface area (Å²) in [7, 11) is 0. The number of nitrogens with zero attached hydrogens (tertiary/aromatic N) is 2. The molecule has 2 heterocycles. The third-order valence-corrected chi connectivity index (χ3v) is 6.92. The highest BCUT2D eigenvalue weighted by molar-refractivity contribution is 7.98. The zero-order chi connectivity index (χ0) is 21.3. The Kier molecular flexibility index (Phi) is 9.50. The van der Waals surface area contributed by atoms with Crippen LogP contribution in [0.2, 0.25) is 0 Å². The minimum absolute atomic E-state index is 0.945. The summed E-state index contributed by atoms with van der Waals surface area (Å²) in [5.41, 5.74) is 9.63. The van der Waals surface area contributed by atoms with Crippen LogP contribution in [0.25, 0.3) is 22.3 Å². The van der Waals surface area contributed by atoms with Crippen LogP contribution in [0.5, 0.6) is 0 Å². The van der Waals surface area contributed by atoms with E-state index in [9.17, 15) is 0 Å². The summed E-state index contributed by atoms with van der Waals surface area (Å²) in [5, 5.41) is 0. The highest BCUT2D eigenvalue weighted by atomic mass is 32.2. The van der Waals surface area contributed by atoms with Gasteiger partial charge in [0.1, 0.15) is 0 Å². The number of aromatic nitrogens is 2. The van der Waals surface area contributed by atoms with Crippen molar-refractivity contribution < 1.29 is 0 Å². The van der Waals surface area contributed by atoms with E-state index in [0.29, 0.717) is 0 Å². The molecular formula is C24H28N2S4. The van der Waals surface area contributed by atoms with Gasteiger partial charge in [-0.25, -0.2) is 0 Å². The van der Waals surface area contributed by atoms with Gasteiger partial charge in [0.05, 0.1) is 22.8 Å². The van der Waals surface area contributed by atoms with Gasteiger partial charge in [0.2, 0.25) is 0 Å². The second kappa shape index (κ2) is 12.1. The van der Waals surface area contributed by atoms with Gasteiger partial charge in [0, 0.05) is 23.0 Å². The van der Waals surface area contributed by atoms with E-state index in [1.165, 1.54) is 22.3 Å². The van der Waals surface area contributed by atoms with Crippen LogP contribution in [0, 0.1) is 0 Å². The number of benzene rings is 1. The Balaban J connectivity index is 1.93. The minimum Gasteiger partial charge on any atom is -0.256 e. The molecule has 1 aromatic carbocycles. The quantitative estimate of drug-likeness (QED) is 0.308. The third-order valence-electron chi connectivity index (χ3n) is 4.58. The van der Waals surface area contributed by atoms with Crippen molar-refractivity contribution in [1.29, 1.82) is 0 Å². The molecule has 0 spiro atoms. The lowest BCUT2D eigenvalue weighted by molar-refractivity contribution is 1.09. The smallest absolute Gasteiger partial charge is 0.0512 e. The zero-order valence-corrected chi connectivity index (χ0v) is 21.2. The van der Waals surface area contributed by atoms with Crippen LogP contribution in [0.15, 0.2) is 48.5 Å². The Labute approximate surface area is 197 Å². The molecule has 0 unspecified atom stereocenters. The van der Waals surface area contributed by atoms with Crippen LogP contribution >= 0.6 is 47.0 Å². The van der Waals surface area contributed by atoms with E-state index >= 15 is 0 Å². The van der Waals surface area contributed by atoms with Crippen LogP contribution in [0.4, 0.5) is 0 Å². The number of rotatable bonds is 10. The molecule has 30 heavy (non-hydrogen) atoms. The molecule has 0 bridgehead atoms. The van der Waals surface area contributed by atoms with E-state index in [1.807, 2.05) is 47.0 Å². The summed E-state index contributed by atoms with van der Waals surface area (Å²) >= 11 is 7.27. The fourth-order valence-corrected chi connectivity index (χ4v) is 5.15. The van der Waals surface area contributed by atoms with Crippen molar-refractivity contribution in [2.45, 2.75) is 23.0 Å². The van der Waals surface area contributed by atoms with E-state index in [1.54, 1.807) is 0 Å². The van der Waals surface area contributed by atoms with Gasteiger partial charge in [-0.3, -0.25) is 9.97 Å². The molecule has 6 heteroatoms. The van der Waals surface area contributed by atoms with E-state index in [0.717, 1.165) is 45.8 Å². The van der Waals surface area contributed by atoms with Crippen molar-refractivity contribution in [2.24, 2.45) is 0 Å². The van der Waals surface area contributed by atoms with Crippen LogP contribution in [0.1, 0.15) is 22.8 Å². The Morgan fingerprint density at radius 1 is 0.467 bits per heavy atom. The van der Waals surface area contributed by atoms with Gasteiger partial charge < -0.3 is 0 Å². The average Bonchev–Trinajstić information content (AvgIpc) is 2.74. The lowest BCUT2D eigenvalue weighted by Crippen LogP contribution is -1.96. The first kappa shape index (κ1) is 23.6. The van der Waals surface area contributed by atoms with Gasteiger partial charge in [0.15, 0.2) is 0 Å². The molecular weight excluding hydrogens is 445 g/mol. The highest BCUT2D eigenvalue weighted by Gasteiger charge is 2.08. The molecule has 0 atom stereocenters. The second-order valence-corrected chi connectivity index (χ2v) is 10.5. The maximum Gasteiger partial charge on any atom is 0.0512 e. The van der Waals surface area contributed by atoms with Crippen molar-refractivity contribution >= 4 is 47.0 Å². The summed E-state index contributed by atoms with van der Waals surface area (Å²) < 4.78 is 0. The number of thioether (sulfide) groups is 4. The number of hydrogen-bond donors (Lipinski definition) is 0. The van der Waals surface area contributed by atoms with Gasteiger partial charge in [-0.1, -0.05) is 24.3 Å². The first-order valence-electron chi connectivity index (χ1n) is 9.73. The van der Waals surface area contributed by atoms with Gasteiger partial charge in [0.25, 0.3) is 0 Å². The predicted molar refractivity (Wildman–Crippen MR) is 142 cm³/mol. The molecule has 0 N–H and O–H groups in total. The molecule has 0 saturated heterocycles. The summed E-state index contributed by atoms with van der Waals surface area (Å²) in [4.78, 5) is 9.61. The fraction of sp³-hybridized carbons (Fsp3) is 0.333. The molecule has 0 amide bonds. The van der Waals surface area contributed by atoms with Crippen LogP contribution in [-0.4, -0.2) is 35.0 Å². The first-order valence-corrected chi connectivity index (χ1v) is 15.3. The Morgan fingerprint density at radius 2 is 0.733 bits per heavy atom. The molecule has 0 radical (unpaired) electrons. The Hall–Kier alpha value is -1.08. The van der Waals surface area contributed by atoms with Crippen LogP contribution in [-0.2, 0) is 23.0 Å². The van der Waals surface area contributed by atoms with Crippen LogP contribution < -0.4 is 0 Å². The number of hydrogen-bond acceptors (Lipinski definition) is 6. The molecule has 3 aromatic rings. The normalized spacial score (nSPS) is 11.1. The van der Waals surface area contributed by atoms with Crippen LogP contribution in [0.3, 0.4) is 0 Å². The van der Waals surface area contributed by atoms with Gasteiger partial charge >= 0.3 is 0 Å². The van der Waals surface area contributed by atoms with Gasteiger partial charge in [-0.2, -0.15) is 47.0 Å². The lowest BCUT2D eigenvalue weighted by atomic mass is 9.99. The fourth-order valence-electron chi connectivity index (χ4n) is 3.38. The van der Waals surface area contributed by atoms with Crippen molar-refractivity contribution in [1.82, 2.24) is 9.97 Å². The van der Waals surface area contributed by atoms with E-state index < -0.39 is 0 Å². The molecule has 3 rings (SSSR count). The Bertz CT molecular complexity index is 831. The summed E-state index contributed by atoms with van der Waals surface area (Å²) in [6, 6.07) is 17.9. The molecule has 2 aromatic heterocycles. The summed E-state index contributed by atoms with van der Waals surface area (Å²) in [5.74, 6) is 3.78. The molecule has 0 aliphatic rings. The van der Waals surface area contributed by atoms with E-state index in [4.69, 9.17) is 9.97 Å². The predicted octanol–water partition coefficient (Wildman–Crippen LogP) is 7.26. The monoisotopic (exact) mass is 472 g/mol. The standard InChI is InChI=1S/C24H28N2S4/c1-27-13-21-9-19(10-22(25-21)14-28-2)17-5-7-18(8-6-17)20-11-23(15-29-3)26-24(12-20)16-30-4/h5-12H,13-16H2,1-4H3. The largest absolute Gasteiger partial charge is 0.256 e. The molecule has 2 nitrogen and oxygen atoms in total. The minimum atomic E-state index is 0.945. The van der Waals surface area contributed by atoms with E-state index in [2.05, 4.69) is 73.6 Å². The van der Waals surface area contributed by atoms with Crippen molar-refractivity contribution in [3.05, 3.63) is 71.3 Å². The summed E-state index contributed by atoms with van der Waals surface area (Å²) in [6.45, 7) is 0. The topological polar surface area (TPSA) is 25.8 Å². The summed E-state index contributed by atoms with van der Waals surface area (Å²) in [6.07, 6.45) is 8.51. The average molecular weight is 473 g/mol. The maximum absolute atomic E-state index is 4.81. The number of pyridine rings is 2. The zero-order valence-electron chi connectivity index (χ0n) is 18.0. The molecule has 0 fully saturated rings. The van der Waals surface area contributed by atoms with Crippen molar-refractivity contribution in [3.8, 4) is 22.3 Å². The first-order chi connectivity index (χ1) is 14.7. The third kappa shape index (κ3) is 6.46. The van der Waals surface area contributed by atoms with Crippen molar-refractivity contribution in [2.75, 3.05) is 25.0 Å². The maximum atomic E-state index is 4.81. The SMILES string of the molecule is CSCc1cc(-c2ccc(-c3cc(CSC)nc(CSC)c3)cc2)cc(CSC)n1.